The first-order valence-electron chi connectivity index (χ1n) is 7.90. The maximum Gasteiger partial charge on any atom is 0.344 e. The zero-order valence-corrected chi connectivity index (χ0v) is 15.8. The minimum Gasteiger partial charge on any atom is -0.480 e. The molecular formula is C17H18Cl2N2O5. The van der Waals surface area contributed by atoms with Crippen LogP contribution in [-0.4, -0.2) is 41.4 Å². The van der Waals surface area contributed by atoms with Crippen LogP contribution in [0, 0.1) is 0 Å². The highest BCUT2D eigenvalue weighted by Crippen LogP contribution is 2.35. The third kappa shape index (κ3) is 4.75. The predicted molar refractivity (Wildman–Crippen MR) is 95.9 cm³/mol. The van der Waals surface area contributed by atoms with Crippen molar-refractivity contribution in [2.75, 3.05) is 19.8 Å². The van der Waals surface area contributed by atoms with Crippen molar-refractivity contribution in [1.82, 2.24) is 9.78 Å². The van der Waals surface area contributed by atoms with Gasteiger partial charge in [-0.2, -0.15) is 5.10 Å². The Morgan fingerprint density at radius 3 is 2.58 bits per heavy atom. The van der Waals surface area contributed by atoms with Crippen LogP contribution in [0.25, 0.3) is 0 Å². The molecule has 0 saturated heterocycles. The van der Waals surface area contributed by atoms with Crippen molar-refractivity contribution in [2.24, 2.45) is 0 Å². The van der Waals surface area contributed by atoms with Gasteiger partial charge in [0.1, 0.15) is 23.2 Å². The van der Waals surface area contributed by atoms with E-state index in [-0.39, 0.29) is 47.1 Å². The van der Waals surface area contributed by atoms with Crippen LogP contribution < -0.4 is 4.74 Å². The number of carbonyl (C=O) groups excluding carboxylic acids is 2. The molecule has 0 bridgehead atoms. The van der Waals surface area contributed by atoms with Crippen LogP contribution in [0.3, 0.4) is 0 Å². The van der Waals surface area contributed by atoms with Gasteiger partial charge in [0.15, 0.2) is 6.61 Å². The summed E-state index contributed by atoms with van der Waals surface area (Å²) in [5, 5.41) is 4.12. The third-order valence-corrected chi connectivity index (χ3v) is 4.17. The molecule has 0 radical (unpaired) electrons. The number of rotatable bonds is 9. The molecular weight excluding hydrogens is 383 g/mol. The smallest absolute Gasteiger partial charge is 0.344 e. The average molecular weight is 401 g/mol. The molecule has 26 heavy (non-hydrogen) atoms. The summed E-state index contributed by atoms with van der Waals surface area (Å²) in [6.07, 6.45) is 1.50. The summed E-state index contributed by atoms with van der Waals surface area (Å²) in [4.78, 5) is 24.1. The molecule has 0 unspecified atom stereocenters. The number of ketones is 1. The summed E-state index contributed by atoms with van der Waals surface area (Å²) >= 11 is 12.4. The molecule has 2 aromatic rings. The minimum absolute atomic E-state index is 0.0298. The summed E-state index contributed by atoms with van der Waals surface area (Å²) in [6, 6.07) is 4.52. The summed E-state index contributed by atoms with van der Waals surface area (Å²) in [5.41, 5.74) is 0.509. The third-order valence-electron chi connectivity index (χ3n) is 3.31. The number of benzene rings is 1. The molecule has 0 atom stereocenters. The van der Waals surface area contributed by atoms with Crippen LogP contribution in [0.2, 0.25) is 10.0 Å². The Morgan fingerprint density at radius 1 is 1.12 bits per heavy atom. The van der Waals surface area contributed by atoms with Crippen molar-refractivity contribution >= 4 is 35.0 Å². The van der Waals surface area contributed by atoms with Crippen LogP contribution in [0.4, 0.5) is 0 Å². The Kier molecular flexibility index (Phi) is 7.44. The van der Waals surface area contributed by atoms with Crippen LogP contribution in [0.5, 0.6) is 5.75 Å². The molecule has 1 heterocycles. The fraction of sp³-hybridized carbons (Fsp3) is 0.353. The molecule has 2 rings (SSSR count). The van der Waals surface area contributed by atoms with Gasteiger partial charge in [0.2, 0.25) is 5.78 Å². The largest absolute Gasteiger partial charge is 0.480 e. The SMILES string of the molecule is CCOCn1nccc1C(=O)c1ccc(OCC(=O)OCC)c(Cl)c1Cl. The van der Waals surface area contributed by atoms with Crippen molar-refractivity contribution < 1.29 is 23.8 Å². The van der Waals surface area contributed by atoms with E-state index in [9.17, 15) is 9.59 Å². The standard InChI is InChI=1S/C17H18Cl2N2O5/c1-3-24-10-21-12(7-8-20-21)17(23)11-5-6-13(16(19)15(11)18)26-9-14(22)25-4-2/h5-8H,3-4,9-10H2,1-2H3. The molecule has 0 N–H and O–H groups in total. The van der Waals surface area contributed by atoms with Gasteiger partial charge < -0.3 is 14.2 Å². The second kappa shape index (κ2) is 9.56. The average Bonchev–Trinajstić information content (AvgIpc) is 3.09. The van der Waals surface area contributed by atoms with Gasteiger partial charge in [-0.1, -0.05) is 23.2 Å². The highest BCUT2D eigenvalue weighted by atomic mass is 35.5. The Morgan fingerprint density at radius 2 is 1.88 bits per heavy atom. The maximum atomic E-state index is 12.8. The molecule has 0 amide bonds. The van der Waals surface area contributed by atoms with E-state index < -0.39 is 5.97 Å². The predicted octanol–water partition coefficient (Wildman–Crippen LogP) is 3.36. The minimum atomic E-state index is -0.528. The normalized spacial score (nSPS) is 10.6. The summed E-state index contributed by atoms with van der Waals surface area (Å²) in [5.74, 6) is -0.699. The maximum absolute atomic E-state index is 12.8. The monoisotopic (exact) mass is 400 g/mol. The van der Waals surface area contributed by atoms with Gasteiger partial charge in [0, 0.05) is 18.4 Å². The van der Waals surface area contributed by atoms with Crippen LogP contribution >= 0.6 is 23.2 Å². The molecule has 0 fully saturated rings. The number of carbonyl (C=O) groups is 2. The number of aromatic nitrogens is 2. The lowest BCUT2D eigenvalue weighted by molar-refractivity contribution is -0.145. The highest BCUT2D eigenvalue weighted by Gasteiger charge is 2.21. The van der Waals surface area contributed by atoms with Gasteiger partial charge in [-0.05, 0) is 32.0 Å². The first kappa shape index (κ1) is 20.2. The molecule has 0 aliphatic heterocycles. The van der Waals surface area contributed by atoms with Gasteiger partial charge in [0.25, 0.3) is 0 Å². The van der Waals surface area contributed by atoms with Gasteiger partial charge in [-0.15, -0.1) is 0 Å². The molecule has 0 aliphatic carbocycles. The second-order valence-electron chi connectivity index (χ2n) is 5.00. The van der Waals surface area contributed by atoms with E-state index in [2.05, 4.69) is 5.10 Å². The van der Waals surface area contributed by atoms with E-state index in [1.165, 1.54) is 23.0 Å². The van der Waals surface area contributed by atoms with Crippen LogP contribution in [-0.2, 0) is 21.0 Å². The number of ether oxygens (including phenoxy) is 3. The topological polar surface area (TPSA) is 79.7 Å². The molecule has 140 valence electrons. The van der Waals surface area contributed by atoms with E-state index in [0.717, 1.165) is 0 Å². The second-order valence-corrected chi connectivity index (χ2v) is 5.76. The number of esters is 1. The summed E-state index contributed by atoms with van der Waals surface area (Å²) < 4.78 is 16.8. The van der Waals surface area contributed by atoms with E-state index in [1.54, 1.807) is 13.0 Å². The van der Waals surface area contributed by atoms with Crippen molar-refractivity contribution in [3.8, 4) is 5.75 Å². The number of hydrogen-bond acceptors (Lipinski definition) is 6. The van der Waals surface area contributed by atoms with E-state index >= 15 is 0 Å². The fourth-order valence-electron chi connectivity index (χ4n) is 2.10. The molecule has 1 aromatic carbocycles. The lowest BCUT2D eigenvalue weighted by Gasteiger charge is -2.12. The molecule has 0 saturated carbocycles. The fourth-order valence-corrected chi connectivity index (χ4v) is 2.56. The van der Waals surface area contributed by atoms with Crippen LogP contribution in [0.1, 0.15) is 29.9 Å². The number of halogens is 2. The zero-order valence-electron chi connectivity index (χ0n) is 14.3. The van der Waals surface area contributed by atoms with Gasteiger partial charge in [-0.25, -0.2) is 9.48 Å². The van der Waals surface area contributed by atoms with Crippen molar-refractivity contribution in [1.29, 1.82) is 0 Å². The lowest BCUT2D eigenvalue weighted by Crippen LogP contribution is -2.15. The first-order valence-corrected chi connectivity index (χ1v) is 8.65. The summed E-state index contributed by atoms with van der Waals surface area (Å²) in [7, 11) is 0. The molecule has 0 spiro atoms. The number of nitrogens with zero attached hydrogens (tertiary/aromatic N) is 2. The Hall–Kier alpha value is -2.09. The number of hydrogen-bond donors (Lipinski definition) is 0. The molecule has 9 heteroatoms. The Labute approximate surface area is 160 Å². The van der Waals surface area contributed by atoms with E-state index in [0.29, 0.717) is 12.3 Å². The zero-order chi connectivity index (χ0) is 19.1. The highest BCUT2D eigenvalue weighted by molar-refractivity contribution is 6.45. The van der Waals surface area contributed by atoms with Gasteiger partial charge in [-0.3, -0.25) is 4.79 Å². The van der Waals surface area contributed by atoms with Crippen LogP contribution in [0.15, 0.2) is 24.4 Å². The summed E-state index contributed by atoms with van der Waals surface area (Å²) in [6.45, 7) is 4.12. The van der Waals surface area contributed by atoms with Gasteiger partial charge >= 0.3 is 5.97 Å². The van der Waals surface area contributed by atoms with Gasteiger partial charge in [0.05, 0.1) is 11.6 Å². The Bertz CT molecular complexity index is 791. The van der Waals surface area contributed by atoms with Crippen molar-refractivity contribution in [3.63, 3.8) is 0 Å². The first-order chi connectivity index (χ1) is 12.5. The molecule has 7 nitrogen and oxygen atoms in total. The van der Waals surface area contributed by atoms with Crippen molar-refractivity contribution in [2.45, 2.75) is 20.6 Å². The van der Waals surface area contributed by atoms with E-state index in [1.807, 2.05) is 6.92 Å². The Balaban J connectivity index is 2.20. The lowest BCUT2D eigenvalue weighted by atomic mass is 10.1. The van der Waals surface area contributed by atoms with Crippen molar-refractivity contribution in [3.05, 3.63) is 45.7 Å². The molecule has 0 aliphatic rings. The molecule has 1 aromatic heterocycles. The quantitative estimate of drug-likeness (QED) is 0.474. The van der Waals surface area contributed by atoms with E-state index in [4.69, 9.17) is 37.4 Å².